The highest BCUT2D eigenvalue weighted by molar-refractivity contribution is 7.07. The molecule has 23 heavy (non-hydrogen) atoms. The van der Waals surface area contributed by atoms with Crippen LogP contribution in [0.3, 0.4) is 0 Å². The van der Waals surface area contributed by atoms with Crippen molar-refractivity contribution in [1.29, 1.82) is 0 Å². The molecule has 0 saturated carbocycles. The van der Waals surface area contributed by atoms with Gasteiger partial charge in [0.1, 0.15) is 6.10 Å². The summed E-state index contributed by atoms with van der Waals surface area (Å²) in [6, 6.07) is 2.37. The van der Waals surface area contributed by atoms with Gasteiger partial charge in [0.05, 0.1) is 12.6 Å². The lowest BCUT2D eigenvalue weighted by atomic mass is 10.1. The minimum absolute atomic E-state index is 0. The van der Waals surface area contributed by atoms with E-state index in [-0.39, 0.29) is 42.9 Å². The fourth-order valence-electron chi connectivity index (χ4n) is 2.63. The number of hydrogen-bond acceptors (Lipinski definition) is 5. The molecule has 0 spiro atoms. The smallest absolute Gasteiger partial charge is 0.250 e. The predicted octanol–water partition coefficient (Wildman–Crippen LogP) is 2.08. The van der Waals surface area contributed by atoms with Gasteiger partial charge >= 0.3 is 0 Å². The molecular weight excluding hydrogens is 357 g/mol. The molecule has 134 valence electrons. The summed E-state index contributed by atoms with van der Waals surface area (Å²) in [7, 11) is 0. The first-order valence-electron chi connectivity index (χ1n) is 7.62. The lowest BCUT2D eigenvalue weighted by Gasteiger charge is -2.30. The Balaban J connectivity index is 0.00000242. The quantitative estimate of drug-likeness (QED) is 0.756. The largest absolute Gasteiger partial charge is 0.366 e. The molecule has 1 saturated heterocycles. The summed E-state index contributed by atoms with van der Waals surface area (Å²) in [5.41, 5.74) is 1.27. The SMILES string of the molecule is CCN(CC)C(CNC(=O)C1CNCCO1)c1ccsc1.Cl.Cl. The predicted molar refractivity (Wildman–Crippen MR) is 100 cm³/mol. The number of hydrogen-bond donors (Lipinski definition) is 2. The van der Waals surface area contributed by atoms with Crippen LogP contribution in [-0.4, -0.2) is 56.2 Å². The summed E-state index contributed by atoms with van der Waals surface area (Å²) in [6.07, 6.45) is -0.362. The number of likely N-dealkylation sites (N-methyl/N-ethyl adjacent to an activating group) is 1. The van der Waals surface area contributed by atoms with E-state index in [0.717, 1.165) is 19.6 Å². The summed E-state index contributed by atoms with van der Waals surface area (Å²) in [5, 5.41) is 10.5. The first-order valence-corrected chi connectivity index (χ1v) is 8.56. The Morgan fingerprint density at radius 1 is 1.48 bits per heavy atom. The van der Waals surface area contributed by atoms with Crippen LogP contribution in [-0.2, 0) is 9.53 Å². The molecule has 2 unspecified atom stereocenters. The van der Waals surface area contributed by atoms with E-state index >= 15 is 0 Å². The van der Waals surface area contributed by atoms with Crippen LogP contribution in [0.4, 0.5) is 0 Å². The van der Waals surface area contributed by atoms with Crippen LogP contribution in [0.2, 0.25) is 0 Å². The Kier molecular flexibility index (Phi) is 11.9. The van der Waals surface area contributed by atoms with E-state index in [2.05, 4.69) is 46.2 Å². The molecular formula is C15H27Cl2N3O2S. The monoisotopic (exact) mass is 383 g/mol. The Morgan fingerprint density at radius 3 is 2.74 bits per heavy atom. The summed E-state index contributed by atoms with van der Waals surface area (Å²) < 4.78 is 5.49. The van der Waals surface area contributed by atoms with E-state index < -0.39 is 0 Å². The molecule has 1 aliphatic rings. The molecule has 0 radical (unpaired) electrons. The third-order valence-corrected chi connectivity index (χ3v) is 4.57. The molecule has 1 aromatic rings. The normalized spacial score (nSPS) is 18.7. The zero-order valence-corrected chi connectivity index (χ0v) is 16.1. The Morgan fingerprint density at radius 2 is 2.22 bits per heavy atom. The number of halogens is 2. The number of amides is 1. The standard InChI is InChI=1S/C15H25N3O2S.2ClH/c1-3-18(4-2)13(12-5-8-21-11-12)9-17-15(19)14-10-16-6-7-20-14;;/h5,8,11,13-14,16H,3-4,6-7,9-10H2,1-2H3,(H,17,19);2*1H. The number of nitrogens with zero attached hydrogens (tertiary/aromatic N) is 1. The third-order valence-electron chi connectivity index (χ3n) is 3.87. The van der Waals surface area contributed by atoms with Crippen LogP contribution in [0.25, 0.3) is 0 Å². The average Bonchev–Trinajstić information content (AvgIpc) is 3.06. The Bertz CT molecular complexity index is 424. The van der Waals surface area contributed by atoms with Crippen molar-refractivity contribution in [3.05, 3.63) is 22.4 Å². The van der Waals surface area contributed by atoms with Gasteiger partial charge in [-0.25, -0.2) is 0 Å². The van der Waals surface area contributed by atoms with Crippen molar-refractivity contribution in [1.82, 2.24) is 15.5 Å². The third kappa shape index (κ3) is 6.57. The number of ether oxygens (including phenoxy) is 1. The maximum absolute atomic E-state index is 12.2. The molecule has 0 bridgehead atoms. The van der Waals surface area contributed by atoms with Crippen molar-refractivity contribution in [2.75, 3.05) is 39.3 Å². The molecule has 0 aromatic carbocycles. The first-order chi connectivity index (χ1) is 10.3. The van der Waals surface area contributed by atoms with Crippen molar-refractivity contribution >= 4 is 42.1 Å². The van der Waals surface area contributed by atoms with Gasteiger partial charge in [-0.1, -0.05) is 13.8 Å². The molecule has 5 nitrogen and oxygen atoms in total. The molecule has 1 aromatic heterocycles. The summed E-state index contributed by atoms with van der Waals surface area (Å²) in [4.78, 5) is 14.5. The van der Waals surface area contributed by atoms with Gasteiger partial charge in [0.15, 0.2) is 0 Å². The molecule has 2 N–H and O–H groups in total. The molecule has 8 heteroatoms. The Labute approximate surface area is 155 Å². The lowest BCUT2D eigenvalue weighted by Crippen LogP contribution is -2.49. The van der Waals surface area contributed by atoms with Crippen molar-refractivity contribution in [2.24, 2.45) is 0 Å². The highest BCUT2D eigenvalue weighted by Crippen LogP contribution is 2.22. The molecule has 1 fully saturated rings. The number of carbonyl (C=O) groups is 1. The van der Waals surface area contributed by atoms with Crippen molar-refractivity contribution < 1.29 is 9.53 Å². The number of carbonyl (C=O) groups excluding carboxylic acids is 1. The van der Waals surface area contributed by atoms with Crippen LogP contribution in [0, 0.1) is 0 Å². The van der Waals surface area contributed by atoms with E-state index in [1.807, 2.05) is 0 Å². The van der Waals surface area contributed by atoms with E-state index in [1.165, 1.54) is 5.56 Å². The highest BCUT2D eigenvalue weighted by Gasteiger charge is 2.24. The van der Waals surface area contributed by atoms with E-state index in [4.69, 9.17) is 4.74 Å². The second-order valence-corrected chi connectivity index (χ2v) is 5.88. The molecule has 1 aliphatic heterocycles. The molecule has 1 amide bonds. The van der Waals surface area contributed by atoms with Crippen LogP contribution in [0.1, 0.15) is 25.5 Å². The van der Waals surface area contributed by atoms with Gasteiger partial charge in [0, 0.05) is 19.6 Å². The summed E-state index contributed by atoms with van der Waals surface area (Å²) in [6.45, 7) is 8.88. The number of rotatable bonds is 7. The van der Waals surface area contributed by atoms with Crippen LogP contribution in [0.5, 0.6) is 0 Å². The zero-order valence-electron chi connectivity index (χ0n) is 13.6. The zero-order chi connectivity index (χ0) is 15.1. The van der Waals surface area contributed by atoms with Crippen molar-refractivity contribution in [2.45, 2.75) is 26.0 Å². The number of nitrogens with one attached hydrogen (secondary N) is 2. The van der Waals surface area contributed by atoms with Gasteiger partial charge in [-0.05, 0) is 35.5 Å². The second kappa shape index (κ2) is 12.1. The maximum atomic E-state index is 12.2. The lowest BCUT2D eigenvalue weighted by molar-refractivity contribution is -0.134. The molecule has 2 rings (SSSR count). The summed E-state index contributed by atoms with van der Waals surface area (Å²) in [5.74, 6) is -0.0189. The van der Waals surface area contributed by atoms with E-state index in [0.29, 0.717) is 19.7 Å². The maximum Gasteiger partial charge on any atom is 0.250 e. The molecule has 2 atom stereocenters. The highest BCUT2D eigenvalue weighted by atomic mass is 35.5. The van der Waals surface area contributed by atoms with Crippen LogP contribution >= 0.6 is 36.2 Å². The molecule has 0 aliphatic carbocycles. The van der Waals surface area contributed by atoms with Crippen molar-refractivity contribution in [3.63, 3.8) is 0 Å². The van der Waals surface area contributed by atoms with Crippen LogP contribution in [0.15, 0.2) is 16.8 Å². The van der Waals surface area contributed by atoms with Gasteiger partial charge in [-0.2, -0.15) is 11.3 Å². The fourth-order valence-corrected chi connectivity index (χ4v) is 3.34. The van der Waals surface area contributed by atoms with Gasteiger partial charge in [0.25, 0.3) is 5.91 Å². The second-order valence-electron chi connectivity index (χ2n) is 5.10. The van der Waals surface area contributed by atoms with Gasteiger partial charge in [0.2, 0.25) is 0 Å². The van der Waals surface area contributed by atoms with Gasteiger partial charge < -0.3 is 15.4 Å². The number of thiophene rings is 1. The van der Waals surface area contributed by atoms with E-state index in [1.54, 1.807) is 11.3 Å². The minimum atomic E-state index is -0.362. The summed E-state index contributed by atoms with van der Waals surface area (Å²) >= 11 is 1.69. The van der Waals surface area contributed by atoms with Crippen molar-refractivity contribution in [3.8, 4) is 0 Å². The average molecular weight is 384 g/mol. The number of morpholine rings is 1. The van der Waals surface area contributed by atoms with Gasteiger partial charge in [-0.15, -0.1) is 24.8 Å². The van der Waals surface area contributed by atoms with Crippen LogP contribution < -0.4 is 10.6 Å². The topological polar surface area (TPSA) is 53.6 Å². The van der Waals surface area contributed by atoms with E-state index in [9.17, 15) is 4.79 Å². The van der Waals surface area contributed by atoms with Gasteiger partial charge in [-0.3, -0.25) is 9.69 Å². The Hall–Kier alpha value is -0.370. The fraction of sp³-hybridized carbons (Fsp3) is 0.667. The minimum Gasteiger partial charge on any atom is -0.366 e. The first kappa shape index (κ1) is 22.6. The molecule has 2 heterocycles.